The lowest BCUT2D eigenvalue weighted by Gasteiger charge is -2.36. The van der Waals surface area contributed by atoms with Crippen molar-refractivity contribution in [3.05, 3.63) is 72.7 Å². The summed E-state index contributed by atoms with van der Waals surface area (Å²) in [5, 5.41) is 3.39. The van der Waals surface area contributed by atoms with Crippen LogP contribution in [0.5, 0.6) is 0 Å². The van der Waals surface area contributed by atoms with Gasteiger partial charge in [0.15, 0.2) is 5.96 Å². The van der Waals surface area contributed by atoms with Crippen molar-refractivity contribution in [1.29, 1.82) is 0 Å². The molecule has 146 valence electrons. The van der Waals surface area contributed by atoms with Gasteiger partial charge < -0.3 is 14.6 Å². The van der Waals surface area contributed by atoms with Gasteiger partial charge >= 0.3 is 0 Å². The van der Waals surface area contributed by atoms with E-state index in [4.69, 9.17) is 9.41 Å². The third-order valence-corrected chi connectivity index (χ3v) is 4.53. The summed E-state index contributed by atoms with van der Waals surface area (Å²) in [6.07, 6.45) is 4.40. The zero-order valence-electron chi connectivity index (χ0n) is 15.7. The number of hydrogen-bond donors (Lipinski definition) is 1. The fraction of sp³-hybridized carbons (Fsp3) is 0.381. The molecule has 0 atom stereocenters. The predicted molar refractivity (Wildman–Crippen MR) is 122 cm³/mol. The molecule has 5 nitrogen and oxygen atoms in total. The van der Waals surface area contributed by atoms with Crippen molar-refractivity contribution in [2.45, 2.75) is 13.0 Å². The molecule has 1 aromatic heterocycles. The number of nitrogens with one attached hydrogen (secondary N) is 1. The Balaban J connectivity index is 0.00000261. The highest BCUT2D eigenvalue weighted by molar-refractivity contribution is 14.0. The van der Waals surface area contributed by atoms with E-state index in [1.165, 1.54) is 5.56 Å². The molecule has 3 rings (SSSR count). The van der Waals surface area contributed by atoms with E-state index >= 15 is 0 Å². The number of halogens is 1. The van der Waals surface area contributed by atoms with Crippen molar-refractivity contribution in [2.75, 3.05) is 39.3 Å². The Bertz CT molecular complexity index is 679. The SMILES string of the molecule is C=CCNC(=NCCc1ccco1)N1CCN(Cc2ccccc2)CC1.I. The molecular weight excluding hydrogens is 451 g/mol. The Morgan fingerprint density at radius 3 is 2.56 bits per heavy atom. The van der Waals surface area contributed by atoms with Crippen LogP contribution < -0.4 is 5.32 Å². The normalized spacial score (nSPS) is 15.3. The smallest absolute Gasteiger partial charge is 0.194 e. The molecule has 1 aliphatic rings. The molecule has 1 N–H and O–H groups in total. The van der Waals surface area contributed by atoms with Gasteiger partial charge in [-0.2, -0.15) is 0 Å². The second kappa shape index (κ2) is 11.8. The minimum atomic E-state index is 0. The Hall–Kier alpha value is -1.80. The van der Waals surface area contributed by atoms with Crippen molar-refractivity contribution < 1.29 is 4.42 Å². The molecule has 6 heteroatoms. The van der Waals surface area contributed by atoms with Gasteiger partial charge in [0.25, 0.3) is 0 Å². The molecule has 1 fully saturated rings. The number of benzene rings is 1. The van der Waals surface area contributed by atoms with Crippen molar-refractivity contribution in [2.24, 2.45) is 4.99 Å². The quantitative estimate of drug-likeness (QED) is 0.286. The summed E-state index contributed by atoms with van der Waals surface area (Å²) < 4.78 is 5.39. The lowest BCUT2D eigenvalue weighted by molar-refractivity contribution is 0.172. The lowest BCUT2D eigenvalue weighted by atomic mass is 10.2. The van der Waals surface area contributed by atoms with E-state index in [1.807, 2.05) is 18.2 Å². The van der Waals surface area contributed by atoms with Gasteiger partial charge in [-0.05, 0) is 17.7 Å². The van der Waals surface area contributed by atoms with E-state index in [0.717, 1.165) is 64.0 Å². The molecule has 1 aliphatic heterocycles. The first-order chi connectivity index (χ1) is 12.8. The Morgan fingerprint density at radius 1 is 1.11 bits per heavy atom. The molecule has 1 aromatic carbocycles. The number of hydrogen-bond acceptors (Lipinski definition) is 3. The van der Waals surface area contributed by atoms with Crippen LogP contribution in [0.15, 0.2) is 70.8 Å². The molecule has 2 aromatic rings. The van der Waals surface area contributed by atoms with E-state index in [-0.39, 0.29) is 24.0 Å². The zero-order valence-corrected chi connectivity index (χ0v) is 18.0. The molecule has 0 bridgehead atoms. The van der Waals surface area contributed by atoms with Gasteiger partial charge in [0.05, 0.1) is 6.26 Å². The molecule has 27 heavy (non-hydrogen) atoms. The van der Waals surface area contributed by atoms with Crippen molar-refractivity contribution >= 4 is 29.9 Å². The maximum absolute atomic E-state index is 5.39. The molecule has 0 amide bonds. The van der Waals surface area contributed by atoms with Gasteiger partial charge in [-0.15, -0.1) is 30.6 Å². The van der Waals surface area contributed by atoms with Gasteiger partial charge in [0.2, 0.25) is 0 Å². The van der Waals surface area contributed by atoms with Gasteiger partial charge in [-0.25, -0.2) is 0 Å². The standard InChI is InChI=1S/C21H28N4O.HI/c1-2-11-22-21(23-12-10-20-9-6-17-26-20)25-15-13-24(14-16-25)18-19-7-4-3-5-8-19;/h2-9,17H,1,10-16,18H2,(H,22,23);1H. The van der Waals surface area contributed by atoms with Crippen LogP contribution in [-0.4, -0.2) is 55.0 Å². The highest BCUT2D eigenvalue weighted by Gasteiger charge is 2.19. The Kier molecular flexibility index (Phi) is 9.41. The molecule has 0 saturated carbocycles. The number of piperazine rings is 1. The summed E-state index contributed by atoms with van der Waals surface area (Å²) in [5.41, 5.74) is 1.37. The monoisotopic (exact) mass is 480 g/mol. The highest BCUT2D eigenvalue weighted by atomic mass is 127. The van der Waals surface area contributed by atoms with E-state index in [2.05, 4.69) is 52.0 Å². The van der Waals surface area contributed by atoms with Crippen molar-refractivity contribution in [3.63, 3.8) is 0 Å². The van der Waals surface area contributed by atoms with Crippen LogP contribution in [0.4, 0.5) is 0 Å². The minimum Gasteiger partial charge on any atom is -0.469 e. The Morgan fingerprint density at radius 2 is 1.89 bits per heavy atom. The van der Waals surface area contributed by atoms with Gasteiger partial charge in [0.1, 0.15) is 5.76 Å². The first-order valence-corrected chi connectivity index (χ1v) is 9.28. The molecule has 0 aliphatic carbocycles. The van der Waals surface area contributed by atoms with Gasteiger partial charge in [0, 0.05) is 52.2 Å². The summed E-state index contributed by atoms with van der Waals surface area (Å²) in [7, 11) is 0. The topological polar surface area (TPSA) is 44.0 Å². The van der Waals surface area contributed by atoms with E-state index in [9.17, 15) is 0 Å². The average molecular weight is 480 g/mol. The lowest BCUT2D eigenvalue weighted by Crippen LogP contribution is -2.52. The first-order valence-electron chi connectivity index (χ1n) is 9.28. The molecule has 0 spiro atoms. The third kappa shape index (κ3) is 7.03. The van der Waals surface area contributed by atoms with Crippen LogP contribution >= 0.6 is 24.0 Å². The fourth-order valence-electron chi connectivity index (χ4n) is 3.12. The number of nitrogens with zero attached hydrogens (tertiary/aromatic N) is 3. The largest absolute Gasteiger partial charge is 0.469 e. The van der Waals surface area contributed by atoms with E-state index < -0.39 is 0 Å². The summed E-state index contributed by atoms with van der Waals surface area (Å²) >= 11 is 0. The molecule has 2 heterocycles. The van der Waals surface area contributed by atoms with Crippen LogP contribution in [-0.2, 0) is 13.0 Å². The summed E-state index contributed by atoms with van der Waals surface area (Å²) in [6, 6.07) is 14.6. The van der Waals surface area contributed by atoms with Crippen molar-refractivity contribution in [3.8, 4) is 0 Å². The zero-order chi connectivity index (χ0) is 18.0. The summed E-state index contributed by atoms with van der Waals surface area (Å²) in [5.74, 6) is 1.94. The number of aliphatic imine (C=N–C) groups is 1. The molecular formula is C21H29IN4O. The summed E-state index contributed by atoms with van der Waals surface area (Å²) in [4.78, 5) is 9.61. The number of guanidine groups is 1. The molecule has 1 saturated heterocycles. The van der Waals surface area contributed by atoms with Crippen LogP contribution in [0.3, 0.4) is 0 Å². The van der Waals surface area contributed by atoms with E-state index in [1.54, 1.807) is 6.26 Å². The second-order valence-corrected chi connectivity index (χ2v) is 6.45. The van der Waals surface area contributed by atoms with Crippen LogP contribution in [0, 0.1) is 0 Å². The number of rotatable bonds is 7. The number of furan rings is 1. The second-order valence-electron chi connectivity index (χ2n) is 6.45. The Labute approximate surface area is 179 Å². The maximum atomic E-state index is 5.39. The van der Waals surface area contributed by atoms with E-state index in [0.29, 0.717) is 0 Å². The van der Waals surface area contributed by atoms with Crippen LogP contribution in [0.1, 0.15) is 11.3 Å². The van der Waals surface area contributed by atoms with Crippen LogP contribution in [0.25, 0.3) is 0 Å². The highest BCUT2D eigenvalue weighted by Crippen LogP contribution is 2.09. The fourth-order valence-corrected chi connectivity index (χ4v) is 3.12. The average Bonchev–Trinajstić information content (AvgIpc) is 3.20. The van der Waals surface area contributed by atoms with Gasteiger partial charge in [-0.3, -0.25) is 9.89 Å². The van der Waals surface area contributed by atoms with Crippen molar-refractivity contribution in [1.82, 2.24) is 15.1 Å². The first kappa shape index (κ1) is 21.5. The molecule has 0 unspecified atom stereocenters. The third-order valence-electron chi connectivity index (χ3n) is 4.53. The van der Waals surface area contributed by atoms with Crippen LogP contribution in [0.2, 0.25) is 0 Å². The summed E-state index contributed by atoms with van der Waals surface area (Å²) in [6.45, 7) is 10.3. The van der Waals surface area contributed by atoms with Gasteiger partial charge in [-0.1, -0.05) is 36.4 Å². The maximum Gasteiger partial charge on any atom is 0.194 e. The minimum absolute atomic E-state index is 0. The molecule has 0 radical (unpaired) electrons. The predicted octanol–water partition coefficient (Wildman–Crippen LogP) is 3.39.